The lowest BCUT2D eigenvalue weighted by Crippen LogP contribution is -2.23. The van der Waals surface area contributed by atoms with Gasteiger partial charge in [0.2, 0.25) is 0 Å². The third-order valence-electron chi connectivity index (χ3n) is 2.16. The van der Waals surface area contributed by atoms with Crippen molar-refractivity contribution in [1.82, 2.24) is 0 Å². The predicted molar refractivity (Wildman–Crippen MR) is 57.9 cm³/mol. The lowest BCUT2D eigenvalue weighted by Gasteiger charge is -2.15. The molecule has 0 aliphatic heterocycles. The molecule has 0 radical (unpaired) electrons. The topological polar surface area (TPSA) is 58.6 Å². The maximum absolute atomic E-state index is 12.0. The molecule has 0 unspecified atom stereocenters. The van der Waals surface area contributed by atoms with E-state index < -0.39 is 18.1 Å². The van der Waals surface area contributed by atoms with Crippen molar-refractivity contribution in [3.8, 4) is 11.5 Å². The minimum Gasteiger partial charge on any atom is -0.545 e. The molecule has 4 nitrogen and oxygen atoms in total. The molecular weight excluding hydrogens is 265 g/mol. The number of hydrogen-bond acceptors (Lipinski definition) is 4. The number of carbonyl (C=O) groups is 1. The molecule has 106 valence electrons. The second-order valence-corrected chi connectivity index (χ2v) is 3.70. The lowest BCUT2D eigenvalue weighted by molar-refractivity contribution is -0.274. The number of alkyl halides is 3. The Bertz CT molecular complexity index is 443. The molecule has 0 heterocycles. The Labute approximate surface area is 107 Å². The Balaban J connectivity index is 2.94. The molecule has 0 saturated heterocycles. The van der Waals surface area contributed by atoms with Gasteiger partial charge in [-0.05, 0) is 18.6 Å². The highest BCUT2D eigenvalue weighted by Gasteiger charge is 2.31. The summed E-state index contributed by atoms with van der Waals surface area (Å²) in [4.78, 5) is 10.8. The van der Waals surface area contributed by atoms with Crippen LogP contribution in [-0.4, -0.2) is 18.9 Å². The maximum atomic E-state index is 12.0. The van der Waals surface area contributed by atoms with Gasteiger partial charge >= 0.3 is 6.36 Å². The van der Waals surface area contributed by atoms with Crippen LogP contribution in [0.25, 0.3) is 0 Å². The summed E-state index contributed by atoms with van der Waals surface area (Å²) < 4.78 is 45.0. The summed E-state index contributed by atoms with van der Waals surface area (Å²) in [6, 6.07) is 2.73. The highest BCUT2D eigenvalue weighted by molar-refractivity contribution is 5.89. The van der Waals surface area contributed by atoms with E-state index >= 15 is 0 Å². The van der Waals surface area contributed by atoms with Crippen molar-refractivity contribution in [3.63, 3.8) is 0 Å². The van der Waals surface area contributed by atoms with E-state index in [-0.39, 0.29) is 17.9 Å². The Morgan fingerprint density at radius 1 is 1.37 bits per heavy atom. The first-order valence-corrected chi connectivity index (χ1v) is 5.57. The highest BCUT2D eigenvalue weighted by atomic mass is 19.4. The van der Waals surface area contributed by atoms with Crippen LogP contribution < -0.4 is 14.6 Å². The molecule has 1 aromatic carbocycles. The molecule has 0 saturated carbocycles. The average Bonchev–Trinajstić information content (AvgIpc) is 2.27. The molecule has 0 bridgehead atoms. The molecule has 0 fully saturated rings. The first-order chi connectivity index (χ1) is 8.83. The smallest absolute Gasteiger partial charge is 0.545 e. The third-order valence-corrected chi connectivity index (χ3v) is 2.16. The monoisotopic (exact) mass is 277 g/mol. The van der Waals surface area contributed by atoms with Crippen molar-refractivity contribution >= 4 is 5.97 Å². The summed E-state index contributed by atoms with van der Waals surface area (Å²) in [5.41, 5.74) is -0.314. The molecule has 0 aromatic heterocycles. The number of carbonyl (C=O) groups excluding carboxylic acids is 1. The van der Waals surface area contributed by atoms with Crippen molar-refractivity contribution < 1.29 is 32.5 Å². The van der Waals surface area contributed by atoms with Crippen LogP contribution in [0.3, 0.4) is 0 Å². The second-order valence-electron chi connectivity index (χ2n) is 3.70. The molecule has 0 spiro atoms. The molecule has 1 aromatic rings. The van der Waals surface area contributed by atoms with Crippen LogP contribution in [0.4, 0.5) is 13.2 Å². The zero-order chi connectivity index (χ0) is 14.5. The minimum atomic E-state index is -4.84. The molecule has 1 rings (SSSR count). The number of carboxylic acid groups (broad SMARTS) is 1. The summed E-state index contributed by atoms with van der Waals surface area (Å²) in [6.45, 7) is 2.10. The van der Waals surface area contributed by atoms with Gasteiger partial charge in [-0.25, -0.2) is 0 Å². The van der Waals surface area contributed by atoms with Gasteiger partial charge in [0.15, 0.2) is 0 Å². The SMILES string of the molecule is CCCCOc1cc(OC(F)(F)F)ccc1C(=O)[O-]. The molecular formula is C12H12F3O4-. The van der Waals surface area contributed by atoms with Crippen molar-refractivity contribution in [3.05, 3.63) is 23.8 Å². The van der Waals surface area contributed by atoms with Gasteiger partial charge in [0, 0.05) is 11.6 Å². The molecule has 0 amide bonds. The first-order valence-electron chi connectivity index (χ1n) is 5.57. The molecule has 0 aliphatic carbocycles. The number of carboxylic acids is 1. The van der Waals surface area contributed by atoms with E-state index in [0.717, 1.165) is 24.6 Å². The Kier molecular flexibility index (Phi) is 5.02. The summed E-state index contributed by atoms with van der Waals surface area (Å²) in [5, 5.41) is 10.8. The van der Waals surface area contributed by atoms with Crippen LogP contribution in [0.1, 0.15) is 30.1 Å². The van der Waals surface area contributed by atoms with Crippen molar-refractivity contribution in [2.75, 3.05) is 6.61 Å². The highest BCUT2D eigenvalue weighted by Crippen LogP contribution is 2.29. The molecule has 0 aliphatic rings. The quantitative estimate of drug-likeness (QED) is 0.747. The number of hydrogen-bond donors (Lipinski definition) is 0. The van der Waals surface area contributed by atoms with E-state index in [0.29, 0.717) is 6.42 Å². The van der Waals surface area contributed by atoms with Crippen molar-refractivity contribution in [1.29, 1.82) is 0 Å². The molecule has 7 heteroatoms. The van der Waals surface area contributed by atoms with Crippen molar-refractivity contribution in [2.45, 2.75) is 26.1 Å². The minimum absolute atomic E-state index is 0.199. The predicted octanol–water partition coefficient (Wildman–Crippen LogP) is 2.13. The van der Waals surface area contributed by atoms with Gasteiger partial charge in [0.1, 0.15) is 11.5 Å². The normalized spacial score (nSPS) is 11.2. The van der Waals surface area contributed by atoms with Gasteiger partial charge in [0.25, 0.3) is 0 Å². The number of halogens is 3. The summed E-state index contributed by atoms with van der Waals surface area (Å²) in [6.07, 6.45) is -3.39. The second kappa shape index (κ2) is 6.31. The Morgan fingerprint density at radius 3 is 2.58 bits per heavy atom. The number of benzene rings is 1. The standard InChI is InChI=1S/C12H13F3O4/c1-2-3-6-18-10-7-8(19-12(13,14)15)4-5-9(10)11(16)17/h4-5,7H,2-3,6H2,1H3,(H,16,17)/p-1. The van der Waals surface area contributed by atoms with E-state index in [1.54, 1.807) is 0 Å². The van der Waals surface area contributed by atoms with Crippen molar-refractivity contribution in [2.24, 2.45) is 0 Å². The van der Waals surface area contributed by atoms with E-state index in [9.17, 15) is 23.1 Å². The van der Waals surface area contributed by atoms with E-state index in [1.807, 2.05) is 6.92 Å². The fourth-order valence-corrected chi connectivity index (χ4v) is 1.31. The Morgan fingerprint density at radius 2 is 2.05 bits per heavy atom. The average molecular weight is 277 g/mol. The maximum Gasteiger partial charge on any atom is 0.573 e. The Hall–Kier alpha value is -1.92. The van der Waals surface area contributed by atoms with Crippen LogP contribution in [-0.2, 0) is 0 Å². The lowest BCUT2D eigenvalue weighted by atomic mass is 10.2. The summed E-state index contributed by atoms with van der Waals surface area (Å²) >= 11 is 0. The fourth-order valence-electron chi connectivity index (χ4n) is 1.31. The number of ether oxygens (including phenoxy) is 2. The van der Waals surface area contributed by atoms with Gasteiger partial charge in [0.05, 0.1) is 12.6 Å². The van der Waals surface area contributed by atoms with Gasteiger partial charge < -0.3 is 19.4 Å². The van der Waals surface area contributed by atoms with Crippen LogP contribution in [0, 0.1) is 0 Å². The van der Waals surface area contributed by atoms with Gasteiger partial charge in [-0.3, -0.25) is 0 Å². The third kappa shape index (κ3) is 5.07. The zero-order valence-corrected chi connectivity index (χ0v) is 10.1. The zero-order valence-electron chi connectivity index (χ0n) is 10.1. The van der Waals surface area contributed by atoms with Gasteiger partial charge in [-0.15, -0.1) is 13.2 Å². The van der Waals surface area contributed by atoms with Gasteiger partial charge in [-0.1, -0.05) is 13.3 Å². The number of rotatable bonds is 6. The van der Waals surface area contributed by atoms with Crippen LogP contribution in [0.2, 0.25) is 0 Å². The molecule has 0 atom stereocenters. The van der Waals surface area contributed by atoms with Crippen LogP contribution in [0.5, 0.6) is 11.5 Å². The molecule has 19 heavy (non-hydrogen) atoms. The van der Waals surface area contributed by atoms with E-state index in [1.165, 1.54) is 0 Å². The summed E-state index contributed by atoms with van der Waals surface area (Å²) in [7, 11) is 0. The number of unbranched alkanes of at least 4 members (excludes halogenated alkanes) is 1. The fraction of sp³-hybridized carbons (Fsp3) is 0.417. The first kappa shape index (κ1) is 15.1. The number of aromatic carboxylic acids is 1. The van der Waals surface area contributed by atoms with Crippen LogP contribution >= 0.6 is 0 Å². The van der Waals surface area contributed by atoms with Crippen LogP contribution in [0.15, 0.2) is 18.2 Å². The summed E-state index contributed by atoms with van der Waals surface area (Å²) in [5.74, 6) is -2.26. The molecule has 0 N–H and O–H groups in total. The van der Waals surface area contributed by atoms with Gasteiger partial charge in [-0.2, -0.15) is 0 Å². The van der Waals surface area contributed by atoms with E-state index in [4.69, 9.17) is 4.74 Å². The largest absolute Gasteiger partial charge is 0.573 e. The van der Waals surface area contributed by atoms with E-state index in [2.05, 4.69) is 4.74 Å².